The van der Waals surface area contributed by atoms with Gasteiger partial charge in [0.25, 0.3) is 5.92 Å². The minimum atomic E-state index is -3.01. The first kappa shape index (κ1) is 23.8. The maximum Gasteiger partial charge on any atom is 0.323 e. The molecule has 29 heavy (non-hydrogen) atoms. The maximum atomic E-state index is 15.1. The van der Waals surface area contributed by atoms with Gasteiger partial charge in [-0.15, -0.1) is 0 Å². The first-order valence-electron chi connectivity index (χ1n) is 10.3. The molecule has 0 aromatic heterocycles. The van der Waals surface area contributed by atoms with Gasteiger partial charge < -0.3 is 9.47 Å². The van der Waals surface area contributed by atoms with Crippen LogP contribution in [-0.2, 0) is 19.1 Å². The molecule has 0 saturated carbocycles. The van der Waals surface area contributed by atoms with Crippen LogP contribution in [0, 0.1) is 5.41 Å². The summed E-state index contributed by atoms with van der Waals surface area (Å²) in [5, 5.41) is 0.644. The van der Waals surface area contributed by atoms with Crippen molar-refractivity contribution in [1.29, 1.82) is 0 Å². The van der Waals surface area contributed by atoms with Crippen LogP contribution in [0.1, 0.15) is 61.3 Å². The average Bonchev–Trinajstić information content (AvgIpc) is 2.64. The Balaban J connectivity index is 2.93. The predicted molar refractivity (Wildman–Crippen MR) is 111 cm³/mol. The highest BCUT2D eigenvalue weighted by Crippen LogP contribution is 2.63. The van der Waals surface area contributed by atoms with E-state index in [1.54, 1.807) is 0 Å². The zero-order valence-electron chi connectivity index (χ0n) is 19.0. The van der Waals surface area contributed by atoms with Crippen molar-refractivity contribution in [3.05, 3.63) is 21.9 Å². The summed E-state index contributed by atoms with van der Waals surface area (Å²) in [5.41, 5.74) is -0.655. The molecule has 0 amide bonds. The topological polar surface area (TPSA) is 52.6 Å². The fraction of sp³-hybridized carbons (Fsp3) is 0.727. The second kappa shape index (κ2) is 7.64. The van der Waals surface area contributed by atoms with E-state index in [2.05, 4.69) is 41.5 Å². The molecular weight excluding hydrogens is 394 g/mol. The average molecular weight is 429 g/mol. The van der Waals surface area contributed by atoms with Crippen LogP contribution in [0.5, 0.6) is 0 Å². The minimum absolute atomic E-state index is 0.0468. The summed E-state index contributed by atoms with van der Waals surface area (Å²) in [6.45, 7) is 13.9. The normalized spacial score (nSPS) is 20.8. The van der Waals surface area contributed by atoms with E-state index in [4.69, 9.17) is 9.47 Å². The fourth-order valence-electron chi connectivity index (χ4n) is 6.22. The number of hydrogen-bond acceptors (Lipinski definition) is 4. The third-order valence-corrected chi connectivity index (χ3v) is 14.5. The van der Waals surface area contributed by atoms with Gasteiger partial charge in [0, 0.05) is 17.6 Å². The SMILES string of the molecule is COC(=O)C1(C(=O)OC)CC2=C(C)C(F)(F)C2=C([Si](C(C)C)(C(C)C)C(C)C)C1. The van der Waals surface area contributed by atoms with E-state index >= 15 is 8.78 Å². The van der Waals surface area contributed by atoms with Crippen molar-refractivity contribution >= 4 is 20.0 Å². The molecule has 0 N–H and O–H groups in total. The van der Waals surface area contributed by atoms with Crippen LogP contribution >= 0.6 is 0 Å². The highest BCUT2D eigenvalue weighted by molar-refractivity contribution is 6.90. The molecule has 0 spiro atoms. The fourth-order valence-corrected chi connectivity index (χ4v) is 13.7. The number of rotatable bonds is 6. The van der Waals surface area contributed by atoms with Gasteiger partial charge in [0.1, 0.15) is 0 Å². The van der Waals surface area contributed by atoms with Crippen LogP contribution in [-0.4, -0.2) is 40.2 Å². The number of methoxy groups -OCH3 is 2. The van der Waals surface area contributed by atoms with E-state index in [0.717, 1.165) is 0 Å². The molecule has 0 unspecified atom stereocenters. The number of allylic oxidation sites excluding steroid dienone is 4. The lowest BCUT2D eigenvalue weighted by Gasteiger charge is -2.53. The molecule has 2 aliphatic carbocycles. The predicted octanol–water partition coefficient (Wildman–Crippen LogP) is 5.59. The zero-order chi connectivity index (χ0) is 22.5. The molecule has 2 rings (SSSR count). The van der Waals surface area contributed by atoms with Crippen molar-refractivity contribution < 1.29 is 27.8 Å². The highest BCUT2D eigenvalue weighted by Gasteiger charge is 2.64. The zero-order valence-corrected chi connectivity index (χ0v) is 20.0. The van der Waals surface area contributed by atoms with Gasteiger partial charge in [0.15, 0.2) is 5.41 Å². The summed E-state index contributed by atoms with van der Waals surface area (Å²) in [4.78, 5) is 25.8. The van der Waals surface area contributed by atoms with E-state index < -0.39 is 31.4 Å². The summed E-state index contributed by atoms with van der Waals surface area (Å²) in [6, 6.07) is 0. The Morgan fingerprint density at radius 3 is 1.66 bits per heavy atom. The van der Waals surface area contributed by atoms with E-state index in [9.17, 15) is 9.59 Å². The summed E-state index contributed by atoms with van der Waals surface area (Å²) in [7, 11) is -0.109. The molecule has 4 nitrogen and oxygen atoms in total. The third-order valence-electron chi connectivity index (χ3n) is 7.34. The Bertz CT molecular complexity index is 740. The van der Waals surface area contributed by atoms with Crippen molar-refractivity contribution in [2.75, 3.05) is 14.2 Å². The molecule has 7 heteroatoms. The molecular formula is C22H34F2O4Si. The summed E-state index contributed by atoms with van der Waals surface area (Å²) >= 11 is 0. The van der Waals surface area contributed by atoms with Gasteiger partial charge in [0.05, 0.1) is 22.3 Å². The Labute approximate surface area is 173 Å². The third kappa shape index (κ3) is 3.03. The molecule has 0 aromatic carbocycles. The molecule has 2 aliphatic rings. The number of fused-ring (bicyclic) bond motifs is 1. The number of carbonyl (C=O) groups is 2. The van der Waals surface area contributed by atoms with Gasteiger partial charge in [0.2, 0.25) is 0 Å². The summed E-state index contributed by atoms with van der Waals surface area (Å²) in [6.07, 6.45) is -0.139. The van der Waals surface area contributed by atoms with Crippen LogP contribution in [0.3, 0.4) is 0 Å². The standard InChI is InChI=1S/C22H34F2O4Si/c1-12(2)29(13(3)4,14(5)6)17-11-21(19(25)27-8,20(26)28-9)10-16-15(7)22(23,24)18(16)17/h12-14H,10-11H2,1-9H3. The number of ether oxygens (including phenoxy) is 2. The Morgan fingerprint density at radius 1 is 0.897 bits per heavy atom. The lowest BCUT2D eigenvalue weighted by atomic mass is 9.64. The van der Waals surface area contributed by atoms with Crippen molar-refractivity contribution in [2.45, 2.75) is 83.9 Å². The Kier molecular flexibility index (Phi) is 6.26. The van der Waals surface area contributed by atoms with Gasteiger partial charge in [-0.25, -0.2) is 0 Å². The summed E-state index contributed by atoms with van der Waals surface area (Å²) < 4.78 is 40.3. The van der Waals surface area contributed by atoms with Crippen molar-refractivity contribution in [3.63, 3.8) is 0 Å². The van der Waals surface area contributed by atoms with E-state index in [1.807, 2.05) is 0 Å². The van der Waals surface area contributed by atoms with E-state index in [0.29, 0.717) is 10.8 Å². The number of hydrogen-bond donors (Lipinski definition) is 0. The van der Waals surface area contributed by atoms with Crippen LogP contribution < -0.4 is 0 Å². The number of alkyl halides is 2. The van der Waals surface area contributed by atoms with Gasteiger partial charge in [-0.1, -0.05) is 46.7 Å². The second-order valence-electron chi connectivity index (χ2n) is 9.35. The van der Waals surface area contributed by atoms with Crippen LogP contribution in [0.4, 0.5) is 8.78 Å². The quantitative estimate of drug-likeness (QED) is 0.314. The molecule has 0 saturated heterocycles. The van der Waals surface area contributed by atoms with Crippen molar-refractivity contribution in [2.24, 2.45) is 5.41 Å². The number of esters is 2. The molecule has 0 atom stereocenters. The molecule has 0 bridgehead atoms. The second-order valence-corrected chi connectivity index (χ2v) is 15.3. The van der Waals surface area contributed by atoms with Crippen molar-refractivity contribution in [1.82, 2.24) is 0 Å². The van der Waals surface area contributed by atoms with Crippen molar-refractivity contribution in [3.8, 4) is 0 Å². The largest absolute Gasteiger partial charge is 0.468 e. The molecule has 0 aliphatic heterocycles. The van der Waals surface area contributed by atoms with Crippen LogP contribution in [0.25, 0.3) is 0 Å². The lowest BCUT2D eigenvalue weighted by Crippen LogP contribution is -2.56. The first-order chi connectivity index (χ1) is 13.3. The lowest BCUT2D eigenvalue weighted by molar-refractivity contribution is -0.169. The molecule has 0 aromatic rings. The van der Waals surface area contributed by atoms with Gasteiger partial charge in [-0.3, -0.25) is 9.59 Å². The monoisotopic (exact) mass is 428 g/mol. The van der Waals surface area contributed by atoms with Crippen LogP contribution in [0.15, 0.2) is 21.9 Å². The van der Waals surface area contributed by atoms with E-state index in [1.165, 1.54) is 21.1 Å². The van der Waals surface area contributed by atoms with Crippen LogP contribution in [0.2, 0.25) is 16.6 Å². The van der Waals surface area contributed by atoms with Gasteiger partial charge in [-0.05, 0) is 35.5 Å². The Hall–Kier alpha value is -1.50. The molecule has 0 radical (unpaired) electrons. The summed E-state index contributed by atoms with van der Waals surface area (Å²) in [5.74, 6) is -4.44. The highest BCUT2D eigenvalue weighted by atomic mass is 28.3. The first-order valence-corrected chi connectivity index (χ1v) is 12.5. The Morgan fingerprint density at radius 2 is 1.31 bits per heavy atom. The molecule has 0 heterocycles. The number of carbonyl (C=O) groups excluding carboxylic acids is 2. The molecule has 0 fully saturated rings. The van der Waals surface area contributed by atoms with E-state index in [-0.39, 0.29) is 40.6 Å². The smallest absolute Gasteiger partial charge is 0.323 e. The minimum Gasteiger partial charge on any atom is -0.468 e. The van der Waals surface area contributed by atoms with Gasteiger partial charge >= 0.3 is 11.9 Å². The maximum absolute atomic E-state index is 15.1. The number of halogens is 2. The van der Waals surface area contributed by atoms with Gasteiger partial charge in [-0.2, -0.15) is 8.78 Å². The molecule has 164 valence electrons.